The molecule has 0 bridgehead atoms. The summed E-state index contributed by atoms with van der Waals surface area (Å²) >= 11 is 0. The van der Waals surface area contributed by atoms with Crippen LogP contribution in [0.1, 0.15) is 36.0 Å². The van der Waals surface area contributed by atoms with E-state index >= 15 is 0 Å². The number of nitrogens with zero attached hydrogens (tertiary/aromatic N) is 3. The number of anilines is 1. The van der Waals surface area contributed by atoms with Gasteiger partial charge in [-0.25, -0.2) is 0 Å². The molecule has 3 aliphatic heterocycles. The van der Waals surface area contributed by atoms with Gasteiger partial charge in [0.05, 0.1) is 18.8 Å². The molecule has 2 amide bonds. The van der Waals surface area contributed by atoms with Gasteiger partial charge >= 0.3 is 0 Å². The first-order chi connectivity index (χ1) is 14.2. The SMILES string of the molecule is O=C(c1ccccc1N1CCOCC1)N1CC[C@@H]2C[C@@H](C(=O)N3CCCC3)[C@@H]2C1. The van der Waals surface area contributed by atoms with Crippen molar-refractivity contribution in [3.05, 3.63) is 29.8 Å². The number of ether oxygens (including phenoxy) is 1. The summed E-state index contributed by atoms with van der Waals surface area (Å²) in [5.74, 6) is 1.54. The van der Waals surface area contributed by atoms with E-state index in [1.54, 1.807) is 0 Å². The van der Waals surface area contributed by atoms with E-state index in [0.29, 0.717) is 31.0 Å². The summed E-state index contributed by atoms with van der Waals surface area (Å²) in [5.41, 5.74) is 1.80. The van der Waals surface area contributed by atoms with E-state index in [1.165, 1.54) is 0 Å². The number of morpholine rings is 1. The maximum atomic E-state index is 13.4. The standard InChI is InChI=1S/C23H31N3O3/c27-22(18-5-1-2-6-21(18)24-11-13-29-14-12-24)26-10-7-17-15-19(20(17)16-26)23(28)25-8-3-4-9-25/h1-2,5-6,17,19-20H,3-4,7-16H2/t17-,19-,20-/m1/s1. The fourth-order valence-electron chi connectivity index (χ4n) is 5.63. The predicted molar refractivity (Wildman–Crippen MR) is 111 cm³/mol. The van der Waals surface area contributed by atoms with Crippen LogP contribution in [0, 0.1) is 17.8 Å². The zero-order valence-electron chi connectivity index (χ0n) is 17.1. The number of fused-ring (bicyclic) bond motifs is 1. The van der Waals surface area contributed by atoms with Crippen LogP contribution in [0.25, 0.3) is 0 Å². The van der Waals surface area contributed by atoms with Gasteiger partial charge in [0.15, 0.2) is 0 Å². The number of likely N-dealkylation sites (tertiary alicyclic amines) is 2. The molecule has 0 radical (unpaired) electrons. The Kier molecular flexibility index (Phi) is 5.20. The molecule has 5 rings (SSSR count). The largest absolute Gasteiger partial charge is 0.378 e. The summed E-state index contributed by atoms with van der Waals surface area (Å²) in [5, 5.41) is 0. The number of carbonyl (C=O) groups excluding carboxylic acids is 2. The molecule has 0 unspecified atom stereocenters. The van der Waals surface area contributed by atoms with E-state index in [-0.39, 0.29) is 11.8 Å². The molecule has 4 fully saturated rings. The average molecular weight is 398 g/mol. The van der Waals surface area contributed by atoms with Crippen molar-refractivity contribution in [1.82, 2.24) is 9.80 Å². The van der Waals surface area contributed by atoms with Crippen LogP contribution in [-0.2, 0) is 9.53 Å². The van der Waals surface area contributed by atoms with Gasteiger partial charge in [-0.05, 0) is 49.7 Å². The quantitative estimate of drug-likeness (QED) is 0.785. The molecular formula is C23H31N3O3. The molecule has 1 aliphatic carbocycles. The highest BCUT2D eigenvalue weighted by molar-refractivity contribution is 6.00. The average Bonchev–Trinajstić information content (AvgIpc) is 3.30. The van der Waals surface area contributed by atoms with Crippen molar-refractivity contribution < 1.29 is 14.3 Å². The van der Waals surface area contributed by atoms with Crippen LogP contribution in [0.4, 0.5) is 5.69 Å². The van der Waals surface area contributed by atoms with Crippen LogP contribution in [0.3, 0.4) is 0 Å². The van der Waals surface area contributed by atoms with Crippen molar-refractivity contribution in [1.29, 1.82) is 0 Å². The number of hydrogen-bond donors (Lipinski definition) is 0. The normalized spacial score (nSPS) is 29.4. The molecule has 1 saturated carbocycles. The zero-order valence-corrected chi connectivity index (χ0v) is 17.1. The van der Waals surface area contributed by atoms with E-state index in [2.05, 4.69) is 9.80 Å². The lowest BCUT2D eigenvalue weighted by Gasteiger charge is -2.51. The first kappa shape index (κ1) is 18.9. The van der Waals surface area contributed by atoms with Gasteiger partial charge in [0, 0.05) is 50.9 Å². The fourth-order valence-corrected chi connectivity index (χ4v) is 5.63. The van der Waals surface area contributed by atoms with E-state index in [9.17, 15) is 9.59 Å². The van der Waals surface area contributed by atoms with Crippen LogP contribution >= 0.6 is 0 Å². The molecule has 156 valence electrons. The minimum absolute atomic E-state index is 0.116. The van der Waals surface area contributed by atoms with Gasteiger partial charge in [0.25, 0.3) is 5.91 Å². The molecule has 3 heterocycles. The molecule has 0 aromatic heterocycles. The van der Waals surface area contributed by atoms with Gasteiger partial charge in [0.2, 0.25) is 5.91 Å². The zero-order chi connectivity index (χ0) is 19.8. The van der Waals surface area contributed by atoms with E-state index in [0.717, 1.165) is 76.2 Å². The van der Waals surface area contributed by atoms with Crippen LogP contribution in [0.2, 0.25) is 0 Å². The van der Waals surface area contributed by atoms with Crippen LogP contribution in [-0.4, -0.2) is 74.1 Å². The van der Waals surface area contributed by atoms with Gasteiger partial charge < -0.3 is 19.4 Å². The lowest BCUT2D eigenvalue weighted by atomic mass is 9.61. The van der Waals surface area contributed by atoms with E-state index in [4.69, 9.17) is 4.74 Å². The third kappa shape index (κ3) is 3.52. The van der Waals surface area contributed by atoms with E-state index in [1.807, 2.05) is 29.2 Å². The number of piperidine rings is 1. The number of carbonyl (C=O) groups is 2. The molecule has 0 spiro atoms. The summed E-state index contributed by atoms with van der Waals surface area (Å²) in [6, 6.07) is 7.96. The van der Waals surface area contributed by atoms with Crippen molar-refractivity contribution in [2.75, 3.05) is 57.4 Å². The highest BCUT2D eigenvalue weighted by Crippen LogP contribution is 2.47. The van der Waals surface area contributed by atoms with Gasteiger partial charge in [0.1, 0.15) is 0 Å². The van der Waals surface area contributed by atoms with Crippen molar-refractivity contribution in [2.24, 2.45) is 17.8 Å². The van der Waals surface area contributed by atoms with Gasteiger partial charge in [-0.15, -0.1) is 0 Å². The molecule has 1 aromatic rings. The lowest BCUT2D eigenvalue weighted by molar-refractivity contribution is -0.146. The number of amides is 2. The van der Waals surface area contributed by atoms with E-state index < -0.39 is 0 Å². The number of hydrogen-bond acceptors (Lipinski definition) is 4. The Morgan fingerprint density at radius 3 is 2.48 bits per heavy atom. The summed E-state index contributed by atoms with van der Waals surface area (Å²) in [4.78, 5) is 32.6. The smallest absolute Gasteiger partial charge is 0.255 e. The van der Waals surface area contributed by atoms with Crippen molar-refractivity contribution >= 4 is 17.5 Å². The monoisotopic (exact) mass is 397 g/mol. The Bertz CT molecular complexity index is 770. The second-order valence-corrected chi connectivity index (χ2v) is 8.95. The predicted octanol–water partition coefficient (Wildman–Crippen LogP) is 2.24. The van der Waals surface area contributed by atoms with Crippen LogP contribution in [0.15, 0.2) is 24.3 Å². The number of para-hydroxylation sites is 1. The highest BCUT2D eigenvalue weighted by Gasteiger charge is 2.49. The van der Waals surface area contributed by atoms with Crippen molar-refractivity contribution in [3.8, 4) is 0 Å². The minimum atomic E-state index is 0.116. The summed E-state index contributed by atoms with van der Waals surface area (Å²) in [6.45, 7) is 6.42. The third-order valence-electron chi connectivity index (χ3n) is 7.39. The molecule has 6 heteroatoms. The molecule has 0 N–H and O–H groups in total. The second kappa shape index (κ2) is 7.98. The topological polar surface area (TPSA) is 53.1 Å². The molecule has 6 nitrogen and oxygen atoms in total. The maximum absolute atomic E-state index is 13.4. The summed E-state index contributed by atoms with van der Waals surface area (Å²) < 4.78 is 5.47. The van der Waals surface area contributed by atoms with Gasteiger partial charge in [-0.1, -0.05) is 12.1 Å². The van der Waals surface area contributed by atoms with Crippen molar-refractivity contribution in [3.63, 3.8) is 0 Å². The first-order valence-electron chi connectivity index (χ1n) is 11.2. The first-order valence-corrected chi connectivity index (χ1v) is 11.2. The fraction of sp³-hybridized carbons (Fsp3) is 0.652. The molecule has 4 aliphatic rings. The molecule has 3 saturated heterocycles. The Morgan fingerprint density at radius 1 is 0.931 bits per heavy atom. The Morgan fingerprint density at radius 2 is 1.69 bits per heavy atom. The highest BCUT2D eigenvalue weighted by atomic mass is 16.5. The molecule has 3 atom stereocenters. The van der Waals surface area contributed by atoms with Crippen LogP contribution < -0.4 is 4.90 Å². The van der Waals surface area contributed by atoms with Crippen LogP contribution in [0.5, 0.6) is 0 Å². The molecular weight excluding hydrogens is 366 g/mol. The Hall–Kier alpha value is -2.08. The third-order valence-corrected chi connectivity index (χ3v) is 7.39. The molecule has 1 aromatic carbocycles. The number of benzene rings is 1. The summed E-state index contributed by atoms with van der Waals surface area (Å²) in [7, 11) is 0. The number of rotatable bonds is 3. The molecule has 29 heavy (non-hydrogen) atoms. The lowest BCUT2D eigenvalue weighted by Crippen LogP contribution is -2.56. The minimum Gasteiger partial charge on any atom is -0.378 e. The van der Waals surface area contributed by atoms with Crippen molar-refractivity contribution in [2.45, 2.75) is 25.7 Å². The van der Waals surface area contributed by atoms with Gasteiger partial charge in [-0.2, -0.15) is 0 Å². The second-order valence-electron chi connectivity index (χ2n) is 8.95. The Balaban J connectivity index is 1.29. The van der Waals surface area contributed by atoms with Gasteiger partial charge in [-0.3, -0.25) is 9.59 Å². The maximum Gasteiger partial charge on any atom is 0.255 e. The Labute approximate surface area is 172 Å². The summed E-state index contributed by atoms with van der Waals surface area (Å²) in [6.07, 6.45) is 4.32.